The number of nitrogens with zero attached hydrogens (tertiary/aromatic N) is 2. The first-order chi connectivity index (χ1) is 11.3. The van der Waals surface area contributed by atoms with E-state index in [1.54, 1.807) is 6.20 Å². The summed E-state index contributed by atoms with van der Waals surface area (Å²) in [5.41, 5.74) is 3.34. The molecule has 1 saturated carbocycles. The van der Waals surface area contributed by atoms with Crippen LogP contribution in [0.25, 0.3) is 22.2 Å². The maximum absolute atomic E-state index is 10.6. The highest BCUT2D eigenvalue weighted by atomic mass is 16.5. The number of ether oxygens (including phenoxy) is 1. The lowest BCUT2D eigenvalue weighted by Gasteiger charge is -2.25. The number of aromatic amines is 1. The van der Waals surface area contributed by atoms with Crippen molar-refractivity contribution in [3.8, 4) is 17.1 Å². The lowest BCUT2D eigenvalue weighted by molar-refractivity contribution is -0.105. The summed E-state index contributed by atoms with van der Waals surface area (Å²) in [6, 6.07) is 9.44. The summed E-state index contributed by atoms with van der Waals surface area (Å²) >= 11 is 0. The molecule has 0 saturated heterocycles. The average Bonchev–Trinajstić information content (AvgIpc) is 2.95. The molecule has 1 aliphatic carbocycles. The van der Waals surface area contributed by atoms with Crippen LogP contribution in [-0.4, -0.2) is 27.7 Å². The molecule has 4 rings (SSSR count). The molecule has 0 spiro atoms. The van der Waals surface area contributed by atoms with Crippen LogP contribution in [0.1, 0.15) is 19.3 Å². The summed E-state index contributed by atoms with van der Waals surface area (Å²) in [7, 11) is 0. The Morgan fingerprint density at radius 3 is 2.87 bits per heavy atom. The van der Waals surface area contributed by atoms with Crippen molar-refractivity contribution in [2.75, 3.05) is 5.32 Å². The van der Waals surface area contributed by atoms with Gasteiger partial charge in [-0.2, -0.15) is 5.10 Å². The molecule has 1 fully saturated rings. The number of hydrogen-bond donors (Lipinski definition) is 2. The first-order valence-electron chi connectivity index (χ1n) is 7.65. The highest BCUT2D eigenvalue weighted by Crippen LogP contribution is 2.29. The van der Waals surface area contributed by atoms with Gasteiger partial charge in [-0.1, -0.05) is 0 Å². The molecule has 0 bridgehead atoms. The first-order valence-corrected chi connectivity index (χ1v) is 7.65. The van der Waals surface area contributed by atoms with E-state index >= 15 is 0 Å². The molecule has 116 valence electrons. The van der Waals surface area contributed by atoms with Crippen LogP contribution in [-0.2, 0) is 4.79 Å². The Hall–Kier alpha value is -2.89. The zero-order valence-electron chi connectivity index (χ0n) is 12.5. The van der Waals surface area contributed by atoms with Gasteiger partial charge in [0.05, 0.1) is 5.52 Å². The highest BCUT2D eigenvalue weighted by Gasteiger charge is 2.19. The lowest BCUT2D eigenvalue weighted by Crippen LogP contribution is -2.24. The van der Waals surface area contributed by atoms with Crippen molar-refractivity contribution in [2.24, 2.45) is 0 Å². The van der Waals surface area contributed by atoms with Crippen molar-refractivity contribution in [2.45, 2.75) is 25.4 Å². The number of rotatable bonds is 5. The normalized spacial score (nSPS) is 14.4. The number of aromatic nitrogens is 3. The minimum atomic E-state index is 0.316. The molecule has 2 aromatic heterocycles. The van der Waals surface area contributed by atoms with Crippen LogP contribution in [0.5, 0.6) is 5.88 Å². The van der Waals surface area contributed by atoms with E-state index in [2.05, 4.69) is 20.5 Å². The van der Waals surface area contributed by atoms with Crippen molar-refractivity contribution in [1.29, 1.82) is 0 Å². The molecule has 0 atom stereocenters. The minimum absolute atomic E-state index is 0.316. The van der Waals surface area contributed by atoms with Gasteiger partial charge >= 0.3 is 0 Å². The topological polar surface area (TPSA) is 79.9 Å². The fourth-order valence-corrected chi connectivity index (χ4v) is 2.64. The average molecular weight is 308 g/mol. The second-order valence-electron chi connectivity index (χ2n) is 5.65. The van der Waals surface area contributed by atoms with Crippen LogP contribution < -0.4 is 10.1 Å². The largest absolute Gasteiger partial charge is 0.474 e. The summed E-state index contributed by atoms with van der Waals surface area (Å²) < 4.78 is 5.77. The smallest absolute Gasteiger partial charge is 0.213 e. The molecule has 0 unspecified atom stereocenters. The molecular formula is C17H16N4O2. The predicted molar refractivity (Wildman–Crippen MR) is 87.3 cm³/mol. The van der Waals surface area contributed by atoms with E-state index in [1.807, 2.05) is 30.3 Å². The van der Waals surface area contributed by atoms with Gasteiger partial charge < -0.3 is 10.1 Å². The minimum Gasteiger partial charge on any atom is -0.474 e. The number of hydrogen-bond acceptors (Lipinski definition) is 4. The van der Waals surface area contributed by atoms with Gasteiger partial charge in [-0.15, -0.1) is 0 Å². The molecule has 2 heterocycles. The lowest BCUT2D eigenvalue weighted by atomic mass is 9.96. The number of nitrogens with one attached hydrogen (secondary N) is 2. The number of pyridine rings is 1. The monoisotopic (exact) mass is 308 g/mol. The maximum atomic E-state index is 10.6. The quantitative estimate of drug-likeness (QED) is 0.710. The van der Waals surface area contributed by atoms with Crippen LogP contribution in [0.15, 0.2) is 36.5 Å². The number of benzene rings is 1. The summed E-state index contributed by atoms with van der Waals surface area (Å²) in [4.78, 5) is 15.0. The third-order valence-electron chi connectivity index (χ3n) is 4.14. The van der Waals surface area contributed by atoms with Crippen molar-refractivity contribution < 1.29 is 9.53 Å². The van der Waals surface area contributed by atoms with Gasteiger partial charge in [-0.05, 0) is 43.5 Å². The Balaban J connectivity index is 1.64. The Morgan fingerprint density at radius 2 is 2.17 bits per heavy atom. The van der Waals surface area contributed by atoms with E-state index in [-0.39, 0.29) is 0 Å². The fourth-order valence-electron chi connectivity index (χ4n) is 2.64. The molecule has 23 heavy (non-hydrogen) atoms. The molecule has 1 aliphatic rings. The molecule has 1 aromatic carbocycles. The maximum Gasteiger partial charge on any atom is 0.213 e. The standard InChI is InChI=1S/C17H16N4O2/c22-10-19-12-5-6-15-14(8-12)17(21-20-15)11-4-7-16(18-9-11)23-13-2-1-3-13/h4-10,13H,1-3H2,(H,19,22)(H,20,21). The zero-order valence-corrected chi connectivity index (χ0v) is 12.5. The number of amides is 1. The van der Waals surface area contributed by atoms with E-state index in [0.29, 0.717) is 18.4 Å². The van der Waals surface area contributed by atoms with Crippen LogP contribution >= 0.6 is 0 Å². The van der Waals surface area contributed by atoms with E-state index in [9.17, 15) is 4.79 Å². The van der Waals surface area contributed by atoms with Gasteiger partial charge in [-0.25, -0.2) is 4.98 Å². The zero-order chi connectivity index (χ0) is 15.6. The van der Waals surface area contributed by atoms with Crippen molar-refractivity contribution in [3.63, 3.8) is 0 Å². The van der Waals surface area contributed by atoms with Crippen molar-refractivity contribution in [1.82, 2.24) is 15.2 Å². The van der Waals surface area contributed by atoms with Crippen LogP contribution in [0, 0.1) is 0 Å². The van der Waals surface area contributed by atoms with Gasteiger partial charge in [-0.3, -0.25) is 9.89 Å². The second kappa shape index (κ2) is 5.72. The summed E-state index contributed by atoms with van der Waals surface area (Å²) in [6.07, 6.45) is 6.20. The molecule has 6 heteroatoms. The number of H-pyrrole nitrogens is 1. The van der Waals surface area contributed by atoms with Gasteiger partial charge in [0, 0.05) is 28.9 Å². The predicted octanol–water partition coefficient (Wildman–Crippen LogP) is 3.12. The molecule has 1 amide bonds. The second-order valence-corrected chi connectivity index (χ2v) is 5.65. The molecule has 6 nitrogen and oxygen atoms in total. The Labute approximate surface area is 132 Å². The van der Waals surface area contributed by atoms with Crippen LogP contribution in [0.4, 0.5) is 5.69 Å². The molecule has 3 aromatic rings. The molecular weight excluding hydrogens is 292 g/mol. The number of carbonyl (C=O) groups excluding carboxylic acids is 1. The van der Waals surface area contributed by atoms with E-state index in [4.69, 9.17) is 4.74 Å². The Bertz CT molecular complexity index is 837. The number of carbonyl (C=O) groups is 1. The first kappa shape index (κ1) is 13.8. The summed E-state index contributed by atoms with van der Waals surface area (Å²) in [5.74, 6) is 0.654. The van der Waals surface area contributed by atoms with E-state index in [0.717, 1.165) is 40.7 Å². The van der Waals surface area contributed by atoms with Gasteiger partial charge in [0.15, 0.2) is 0 Å². The van der Waals surface area contributed by atoms with Crippen LogP contribution in [0.3, 0.4) is 0 Å². The third-order valence-corrected chi connectivity index (χ3v) is 4.14. The summed E-state index contributed by atoms with van der Waals surface area (Å²) in [6.45, 7) is 0. The van der Waals surface area contributed by atoms with Gasteiger partial charge in [0.25, 0.3) is 0 Å². The highest BCUT2D eigenvalue weighted by molar-refractivity contribution is 5.95. The summed E-state index contributed by atoms with van der Waals surface area (Å²) in [5, 5.41) is 10.9. The van der Waals surface area contributed by atoms with Gasteiger partial charge in [0.2, 0.25) is 12.3 Å². The number of fused-ring (bicyclic) bond motifs is 1. The Kier molecular flexibility index (Phi) is 3.42. The SMILES string of the molecule is O=CNc1ccc2[nH]nc(-c3ccc(OC4CCC4)nc3)c2c1. The van der Waals surface area contributed by atoms with Gasteiger partial charge in [0.1, 0.15) is 11.8 Å². The molecule has 0 aliphatic heterocycles. The van der Waals surface area contributed by atoms with Crippen molar-refractivity contribution in [3.05, 3.63) is 36.5 Å². The van der Waals surface area contributed by atoms with Crippen molar-refractivity contribution >= 4 is 23.0 Å². The fraction of sp³-hybridized carbons (Fsp3) is 0.235. The number of anilines is 1. The molecule has 0 radical (unpaired) electrons. The Morgan fingerprint density at radius 1 is 1.26 bits per heavy atom. The van der Waals surface area contributed by atoms with E-state index in [1.165, 1.54) is 6.42 Å². The third kappa shape index (κ3) is 2.63. The van der Waals surface area contributed by atoms with E-state index < -0.39 is 0 Å². The molecule has 2 N–H and O–H groups in total. The van der Waals surface area contributed by atoms with Crippen LogP contribution in [0.2, 0.25) is 0 Å².